The Morgan fingerprint density at radius 1 is 1.17 bits per heavy atom. The molecule has 0 bridgehead atoms. The summed E-state index contributed by atoms with van der Waals surface area (Å²) in [4.78, 5) is 22.1. The second kappa shape index (κ2) is 9.22. The van der Waals surface area contributed by atoms with Crippen molar-refractivity contribution in [2.45, 2.75) is 0 Å². The van der Waals surface area contributed by atoms with Gasteiger partial charge in [-0.25, -0.2) is 5.43 Å². The molecule has 29 heavy (non-hydrogen) atoms. The Morgan fingerprint density at radius 2 is 1.97 bits per heavy atom. The van der Waals surface area contributed by atoms with Crippen molar-refractivity contribution >= 4 is 41.0 Å². The molecule has 1 N–H and O–H groups in total. The molecule has 1 heterocycles. The first-order chi connectivity index (χ1) is 13.9. The third-order valence-corrected chi connectivity index (χ3v) is 4.37. The number of para-hydroxylation sites is 2. The molecule has 3 aromatic rings. The van der Waals surface area contributed by atoms with Crippen LogP contribution in [0, 0.1) is 10.1 Å². The minimum Gasteiger partial charge on any atom is -0.477 e. The van der Waals surface area contributed by atoms with Crippen LogP contribution in [0.15, 0.2) is 64.1 Å². The molecule has 0 saturated heterocycles. The Hall–Kier alpha value is -3.36. The minimum absolute atomic E-state index is 0.00562. The van der Waals surface area contributed by atoms with Gasteiger partial charge in [0.1, 0.15) is 11.5 Å². The van der Waals surface area contributed by atoms with Gasteiger partial charge in [0.2, 0.25) is 0 Å². The molecule has 1 aromatic heterocycles. The minimum atomic E-state index is -0.590. The molecule has 10 heteroatoms. The molecule has 2 aromatic carbocycles. The Kier molecular flexibility index (Phi) is 6.48. The molecule has 0 aliphatic carbocycles. The van der Waals surface area contributed by atoms with Gasteiger partial charge in [-0.3, -0.25) is 14.9 Å². The van der Waals surface area contributed by atoms with E-state index < -0.39 is 17.4 Å². The van der Waals surface area contributed by atoms with E-state index in [2.05, 4.69) is 10.5 Å². The van der Waals surface area contributed by atoms with Gasteiger partial charge < -0.3 is 9.15 Å². The molecule has 0 radical (unpaired) electrons. The maximum absolute atomic E-state index is 11.8. The lowest BCUT2D eigenvalue weighted by Gasteiger charge is -2.05. The van der Waals surface area contributed by atoms with Crippen molar-refractivity contribution in [3.8, 4) is 17.1 Å². The van der Waals surface area contributed by atoms with Crippen LogP contribution >= 0.6 is 23.2 Å². The van der Waals surface area contributed by atoms with Crippen LogP contribution < -0.4 is 10.2 Å². The zero-order chi connectivity index (χ0) is 20.8. The first kappa shape index (κ1) is 20.4. The van der Waals surface area contributed by atoms with Gasteiger partial charge in [0, 0.05) is 11.6 Å². The fraction of sp³-hybridized carbons (Fsp3) is 0.0526. The topological polar surface area (TPSA) is 107 Å². The number of hydrogen-bond acceptors (Lipinski definition) is 6. The van der Waals surface area contributed by atoms with E-state index in [0.29, 0.717) is 21.6 Å². The molecule has 0 unspecified atom stereocenters. The standard InChI is InChI=1S/C19H13Cl2N3O5/c20-14-7-5-12(9-15(14)21)17-8-6-13(29-17)10-22-23-19(25)11-28-18-4-2-1-3-16(18)24(26)27/h1-10H,11H2,(H,23,25). The van der Waals surface area contributed by atoms with Gasteiger partial charge in [-0.05, 0) is 36.4 Å². The number of hydrazone groups is 1. The number of furan rings is 1. The number of nitrogens with one attached hydrogen (secondary N) is 1. The molecule has 8 nitrogen and oxygen atoms in total. The van der Waals surface area contributed by atoms with Crippen LogP contribution in [0.2, 0.25) is 10.0 Å². The fourth-order valence-corrected chi connectivity index (χ4v) is 2.60. The average molecular weight is 434 g/mol. The number of nitrogens with zero attached hydrogens (tertiary/aromatic N) is 2. The van der Waals surface area contributed by atoms with Crippen LogP contribution in [0.1, 0.15) is 5.76 Å². The summed E-state index contributed by atoms with van der Waals surface area (Å²) in [6, 6.07) is 14.2. The van der Waals surface area contributed by atoms with E-state index in [1.54, 1.807) is 36.4 Å². The summed E-state index contributed by atoms with van der Waals surface area (Å²) >= 11 is 11.9. The zero-order valence-corrected chi connectivity index (χ0v) is 16.2. The Bertz CT molecular complexity index is 1080. The van der Waals surface area contributed by atoms with Gasteiger partial charge in [-0.15, -0.1) is 0 Å². The van der Waals surface area contributed by atoms with Crippen LogP contribution in [0.5, 0.6) is 5.75 Å². The Labute approximate surface area is 174 Å². The highest BCUT2D eigenvalue weighted by molar-refractivity contribution is 6.42. The molecule has 0 aliphatic rings. The van der Waals surface area contributed by atoms with E-state index in [1.165, 1.54) is 24.4 Å². The predicted octanol–water partition coefficient (Wildman–Crippen LogP) is 4.69. The fourth-order valence-electron chi connectivity index (χ4n) is 2.30. The summed E-state index contributed by atoms with van der Waals surface area (Å²) in [5.41, 5.74) is 2.76. The van der Waals surface area contributed by atoms with E-state index in [1.807, 2.05) is 0 Å². The quantitative estimate of drug-likeness (QED) is 0.330. The molecule has 0 fully saturated rings. The summed E-state index contributed by atoms with van der Waals surface area (Å²) in [6.45, 7) is -0.436. The van der Waals surface area contributed by atoms with Gasteiger partial charge in [-0.1, -0.05) is 35.3 Å². The lowest BCUT2D eigenvalue weighted by Crippen LogP contribution is -2.24. The maximum Gasteiger partial charge on any atom is 0.310 e. The largest absolute Gasteiger partial charge is 0.477 e. The second-order valence-corrected chi connectivity index (χ2v) is 6.45. The summed E-state index contributed by atoms with van der Waals surface area (Å²) < 4.78 is 10.8. The number of amides is 1. The first-order valence-corrected chi connectivity index (χ1v) is 8.93. The van der Waals surface area contributed by atoms with E-state index in [4.69, 9.17) is 32.4 Å². The second-order valence-electron chi connectivity index (χ2n) is 5.64. The van der Waals surface area contributed by atoms with Gasteiger partial charge in [0.05, 0.1) is 21.2 Å². The molecule has 0 aliphatic heterocycles. The molecule has 3 rings (SSSR count). The third kappa shape index (κ3) is 5.34. The van der Waals surface area contributed by atoms with Gasteiger partial charge in [-0.2, -0.15) is 5.10 Å². The normalized spacial score (nSPS) is 10.8. The van der Waals surface area contributed by atoms with Crippen LogP contribution in [0.25, 0.3) is 11.3 Å². The zero-order valence-electron chi connectivity index (χ0n) is 14.7. The highest BCUT2D eigenvalue weighted by Crippen LogP contribution is 2.29. The molecule has 1 amide bonds. The van der Waals surface area contributed by atoms with E-state index in [9.17, 15) is 14.9 Å². The van der Waals surface area contributed by atoms with Crippen LogP contribution in [-0.4, -0.2) is 23.7 Å². The number of halogens is 2. The van der Waals surface area contributed by atoms with Crippen molar-refractivity contribution in [3.05, 3.63) is 80.5 Å². The molecular formula is C19H13Cl2N3O5. The van der Waals surface area contributed by atoms with Gasteiger partial charge >= 0.3 is 5.69 Å². The summed E-state index contributed by atoms with van der Waals surface area (Å²) in [7, 11) is 0. The van der Waals surface area contributed by atoms with Crippen molar-refractivity contribution in [1.82, 2.24) is 5.43 Å². The number of nitro benzene ring substituents is 1. The van der Waals surface area contributed by atoms with Crippen molar-refractivity contribution in [3.63, 3.8) is 0 Å². The number of rotatable bonds is 7. The smallest absolute Gasteiger partial charge is 0.310 e. The molecule has 0 atom stereocenters. The van der Waals surface area contributed by atoms with Crippen molar-refractivity contribution < 1.29 is 18.9 Å². The Balaban J connectivity index is 1.55. The first-order valence-electron chi connectivity index (χ1n) is 8.17. The highest BCUT2D eigenvalue weighted by Gasteiger charge is 2.14. The van der Waals surface area contributed by atoms with E-state index in [-0.39, 0.29) is 11.4 Å². The molecule has 0 saturated carbocycles. The summed E-state index contributed by atoms with van der Waals surface area (Å²) in [5, 5.41) is 15.5. The van der Waals surface area contributed by atoms with Crippen molar-refractivity contribution in [2.24, 2.45) is 5.10 Å². The number of carbonyl (C=O) groups excluding carboxylic acids is 1. The number of nitro groups is 1. The monoisotopic (exact) mass is 433 g/mol. The number of carbonyl (C=O) groups is 1. The molecule has 148 valence electrons. The van der Waals surface area contributed by atoms with Crippen LogP contribution in [-0.2, 0) is 4.79 Å². The number of hydrogen-bond donors (Lipinski definition) is 1. The average Bonchev–Trinajstić information content (AvgIpc) is 3.17. The van der Waals surface area contributed by atoms with Gasteiger partial charge in [0.25, 0.3) is 5.91 Å². The van der Waals surface area contributed by atoms with Gasteiger partial charge in [0.15, 0.2) is 12.4 Å². The molecule has 0 spiro atoms. The third-order valence-electron chi connectivity index (χ3n) is 3.63. The van der Waals surface area contributed by atoms with E-state index >= 15 is 0 Å². The SMILES string of the molecule is O=C(COc1ccccc1[N+](=O)[O-])NN=Cc1ccc(-c2ccc(Cl)c(Cl)c2)o1. The predicted molar refractivity (Wildman–Crippen MR) is 108 cm³/mol. The van der Waals surface area contributed by atoms with E-state index in [0.717, 1.165) is 5.56 Å². The van der Waals surface area contributed by atoms with Crippen molar-refractivity contribution in [2.75, 3.05) is 6.61 Å². The maximum atomic E-state index is 11.8. The number of benzene rings is 2. The molecular weight excluding hydrogens is 421 g/mol. The lowest BCUT2D eigenvalue weighted by atomic mass is 10.2. The lowest BCUT2D eigenvalue weighted by molar-refractivity contribution is -0.385. The highest BCUT2D eigenvalue weighted by atomic mass is 35.5. The van der Waals surface area contributed by atoms with Crippen LogP contribution in [0.4, 0.5) is 5.69 Å². The summed E-state index contributed by atoms with van der Waals surface area (Å²) in [6.07, 6.45) is 1.31. The van der Waals surface area contributed by atoms with Crippen LogP contribution in [0.3, 0.4) is 0 Å². The van der Waals surface area contributed by atoms with Crippen molar-refractivity contribution in [1.29, 1.82) is 0 Å². The number of ether oxygens (including phenoxy) is 1. The summed E-state index contributed by atoms with van der Waals surface area (Å²) in [5.74, 6) is 0.353. The Morgan fingerprint density at radius 3 is 2.72 bits per heavy atom.